The summed E-state index contributed by atoms with van der Waals surface area (Å²) in [7, 11) is 0. The third-order valence-electron chi connectivity index (χ3n) is 4.82. The van der Waals surface area contributed by atoms with Gasteiger partial charge >= 0.3 is 0 Å². The van der Waals surface area contributed by atoms with E-state index in [2.05, 4.69) is 26.1 Å². The van der Waals surface area contributed by atoms with Crippen molar-refractivity contribution in [2.75, 3.05) is 6.54 Å². The number of rotatable bonds is 4. The van der Waals surface area contributed by atoms with Crippen molar-refractivity contribution in [3.8, 4) is 0 Å². The lowest BCUT2D eigenvalue weighted by molar-refractivity contribution is 0.274. The lowest BCUT2D eigenvalue weighted by atomic mass is 9.85. The van der Waals surface area contributed by atoms with Crippen LogP contribution in [0.15, 0.2) is 0 Å². The van der Waals surface area contributed by atoms with Crippen LogP contribution in [0.25, 0.3) is 0 Å². The second kappa shape index (κ2) is 5.73. The highest BCUT2D eigenvalue weighted by atomic mass is 14.9. The SMILES string of the molecule is CC(C)(C)NCC1CCCC1CC1CCCC1. The molecular weight excluding hydrogens is 206 g/mol. The molecule has 0 spiro atoms. The van der Waals surface area contributed by atoms with Gasteiger partial charge in [0.15, 0.2) is 0 Å². The Bertz CT molecular complexity index is 222. The zero-order valence-corrected chi connectivity index (χ0v) is 12.1. The normalized spacial score (nSPS) is 31.2. The molecule has 2 aliphatic rings. The third kappa shape index (κ3) is 4.28. The van der Waals surface area contributed by atoms with Gasteiger partial charge in [0.05, 0.1) is 0 Å². The van der Waals surface area contributed by atoms with Gasteiger partial charge in [0.25, 0.3) is 0 Å². The maximum Gasteiger partial charge on any atom is 0.00966 e. The summed E-state index contributed by atoms with van der Waals surface area (Å²) in [4.78, 5) is 0. The van der Waals surface area contributed by atoms with Crippen LogP contribution < -0.4 is 5.32 Å². The van der Waals surface area contributed by atoms with Gasteiger partial charge in [-0.15, -0.1) is 0 Å². The Balaban J connectivity index is 1.76. The van der Waals surface area contributed by atoms with Crippen LogP contribution >= 0.6 is 0 Å². The molecular formula is C16H31N. The third-order valence-corrected chi connectivity index (χ3v) is 4.82. The standard InChI is InChI=1S/C16H31N/c1-16(2,3)17-12-15-10-6-9-14(15)11-13-7-4-5-8-13/h13-15,17H,4-12H2,1-3H3. The first kappa shape index (κ1) is 13.4. The molecule has 17 heavy (non-hydrogen) atoms. The highest BCUT2D eigenvalue weighted by Crippen LogP contribution is 2.40. The molecule has 0 aromatic heterocycles. The van der Waals surface area contributed by atoms with E-state index >= 15 is 0 Å². The highest BCUT2D eigenvalue weighted by molar-refractivity contribution is 4.84. The topological polar surface area (TPSA) is 12.0 Å². The van der Waals surface area contributed by atoms with Crippen LogP contribution in [0.1, 0.15) is 72.1 Å². The van der Waals surface area contributed by atoms with E-state index in [1.807, 2.05) is 0 Å². The molecule has 2 unspecified atom stereocenters. The average Bonchev–Trinajstić information content (AvgIpc) is 2.86. The van der Waals surface area contributed by atoms with Gasteiger partial charge in [-0.25, -0.2) is 0 Å². The summed E-state index contributed by atoms with van der Waals surface area (Å²) < 4.78 is 0. The van der Waals surface area contributed by atoms with Crippen LogP contribution in [-0.4, -0.2) is 12.1 Å². The molecule has 1 heteroatoms. The molecule has 0 bridgehead atoms. The maximum atomic E-state index is 3.72. The minimum atomic E-state index is 0.292. The van der Waals surface area contributed by atoms with Gasteiger partial charge in [-0.05, 0) is 57.9 Å². The molecule has 2 aliphatic carbocycles. The molecule has 2 rings (SSSR count). The molecule has 0 saturated heterocycles. The number of nitrogens with one attached hydrogen (secondary N) is 1. The second-order valence-electron chi connectivity index (χ2n) is 7.47. The lowest BCUT2D eigenvalue weighted by Gasteiger charge is -2.27. The monoisotopic (exact) mass is 237 g/mol. The van der Waals surface area contributed by atoms with Gasteiger partial charge in [-0.2, -0.15) is 0 Å². The molecule has 2 saturated carbocycles. The predicted molar refractivity (Wildman–Crippen MR) is 75.2 cm³/mol. The molecule has 0 aliphatic heterocycles. The van der Waals surface area contributed by atoms with E-state index in [1.54, 1.807) is 0 Å². The van der Waals surface area contributed by atoms with Crippen molar-refractivity contribution < 1.29 is 0 Å². The fraction of sp³-hybridized carbons (Fsp3) is 1.00. The van der Waals surface area contributed by atoms with Crippen molar-refractivity contribution in [1.82, 2.24) is 5.32 Å². The van der Waals surface area contributed by atoms with Crippen molar-refractivity contribution in [3.63, 3.8) is 0 Å². The van der Waals surface area contributed by atoms with Gasteiger partial charge < -0.3 is 5.32 Å². The largest absolute Gasteiger partial charge is 0.312 e. The summed E-state index contributed by atoms with van der Waals surface area (Å²) in [6.07, 6.45) is 12.0. The van der Waals surface area contributed by atoms with Crippen molar-refractivity contribution in [3.05, 3.63) is 0 Å². The summed E-state index contributed by atoms with van der Waals surface area (Å²) in [5.41, 5.74) is 0.292. The molecule has 0 amide bonds. The van der Waals surface area contributed by atoms with Crippen LogP contribution in [0, 0.1) is 17.8 Å². The molecule has 2 atom stereocenters. The minimum Gasteiger partial charge on any atom is -0.312 e. The minimum absolute atomic E-state index is 0.292. The van der Waals surface area contributed by atoms with E-state index in [9.17, 15) is 0 Å². The van der Waals surface area contributed by atoms with E-state index < -0.39 is 0 Å². The molecule has 0 radical (unpaired) electrons. The van der Waals surface area contributed by atoms with Crippen LogP contribution in [0.5, 0.6) is 0 Å². The van der Waals surface area contributed by atoms with Crippen LogP contribution in [-0.2, 0) is 0 Å². The highest BCUT2D eigenvalue weighted by Gasteiger charge is 2.30. The Morgan fingerprint density at radius 3 is 2.18 bits per heavy atom. The smallest absolute Gasteiger partial charge is 0.00966 e. The summed E-state index contributed by atoms with van der Waals surface area (Å²) in [5.74, 6) is 3.08. The van der Waals surface area contributed by atoms with E-state index in [-0.39, 0.29) is 0 Å². The van der Waals surface area contributed by atoms with E-state index in [4.69, 9.17) is 0 Å². The molecule has 100 valence electrons. The van der Waals surface area contributed by atoms with Crippen molar-refractivity contribution in [1.29, 1.82) is 0 Å². The van der Waals surface area contributed by atoms with Crippen LogP contribution in [0.2, 0.25) is 0 Å². The Morgan fingerprint density at radius 1 is 0.882 bits per heavy atom. The van der Waals surface area contributed by atoms with Crippen LogP contribution in [0.4, 0.5) is 0 Å². The molecule has 1 N–H and O–H groups in total. The van der Waals surface area contributed by atoms with Crippen molar-refractivity contribution in [2.24, 2.45) is 17.8 Å². The van der Waals surface area contributed by atoms with Gasteiger partial charge in [0, 0.05) is 5.54 Å². The van der Waals surface area contributed by atoms with Gasteiger partial charge in [-0.1, -0.05) is 38.5 Å². The second-order valence-corrected chi connectivity index (χ2v) is 7.47. The first-order chi connectivity index (χ1) is 8.04. The Labute approximate surface area is 108 Å². The molecule has 0 heterocycles. The Hall–Kier alpha value is -0.0400. The Morgan fingerprint density at radius 2 is 1.53 bits per heavy atom. The fourth-order valence-corrected chi connectivity index (χ4v) is 3.80. The first-order valence-corrected chi connectivity index (χ1v) is 7.79. The van der Waals surface area contributed by atoms with E-state index in [1.165, 1.54) is 57.9 Å². The van der Waals surface area contributed by atoms with Crippen molar-refractivity contribution >= 4 is 0 Å². The predicted octanol–water partition coefficient (Wildman–Crippen LogP) is 4.37. The zero-order chi connectivity index (χ0) is 12.3. The number of hydrogen-bond acceptors (Lipinski definition) is 1. The first-order valence-electron chi connectivity index (χ1n) is 7.79. The average molecular weight is 237 g/mol. The Kier molecular flexibility index (Phi) is 4.52. The van der Waals surface area contributed by atoms with Crippen molar-refractivity contribution in [2.45, 2.75) is 77.7 Å². The lowest BCUT2D eigenvalue weighted by Crippen LogP contribution is -2.40. The summed E-state index contributed by atoms with van der Waals surface area (Å²) >= 11 is 0. The van der Waals surface area contributed by atoms with Gasteiger partial charge in [0.1, 0.15) is 0 Å². The summed E-state index contributed by atoms with van der Waals surface area (Å²) in [5, 5.41) is 3.72. The fourth-order valence-electron chi connectivity index (χ4n) is 3.80. The molecule has 1 nitrogen and oxygen atoms in total. The molecule has 0 aromatic rings. The van der Waals surface area contributed by atoms with Crippen LogP contribution in [0.3, 0.4) is 0 Å². The molecule has 0 aromatic carbocycles. The summed E-state index contributed by atoms with van der Waals surface area (Å²) in [6, 6.07) is 0. The molecule has 2 fully saturated rings. The quantitative estimate of drug-likeness (QED) is 0.765. The zero-order valence-electron chi connectivity index (χ0n) is 12.1. The van der Waals surface area contributed by atoms with Gasteiger partial charge in [-0.3, -0.25) is 0 Å². The maximum absolute atomic E-state index is 3.72. The van der Waals surface area contributed by atoms with Gasteiger partial charge in [0.2, 0.25) is 0 Å². The summed E-state index contributed by atoms with van der Waals surface area (Å²) in [6.45, 7) is 8.11. The van der Waals surface area contributed by atoms with E-state index in [0.717, 1.165) is 17.8 Å². The van der Waals surface area contributed by atoms with E-state index in [0.29, 0.717) is 5.54 Å². The number of hydrogen-bond donors (Lipinski definition) is 1.